The molecule has 0 aliphatic rings. The quantitative estimate of drug-likeness (QED) is 0.0351. The van der Waals surface area contributed by atoms with Crippen molar-refractivity contribution < 1.29 is 28.6 Å². The van der Waals surface area contributed by atoms with Crippen LogP contribution in [0.2, 0.25) is 0 Å². The summed E-state index contributed by atoms with van der Waals surface area (Å²) in [6, 6.07) is 0. The van der Waals surface area contributed by atoms with Crippen molar-refractivity contribution in [3.8, 4) is 0 Å². The van der Waals surface area contributed by atoms with Crippen LogP contribution >= 0.6 is 0 Å². The topological polar surface area (TPSA) is 78.9 Å². The summed E-state index contributed by atoms with van der Waals surface area (Å²) in [6.45, 7) is 8.93. The molecule has 314 valence electrons. The Bertz CT molecular complexity index is 796. The zero-order valence-electron chi connectivity index (χ0n) is 36.0. The van der Waals surface area contributed by atoms with E-state index in [1.807, 2.05) is 0 Å². The molecule has 0 aliphatic heterocycles. The highest BCUT2D eigenvalue weighted by Gasteiger charge is 2.19. The van der Waals surface area contributed by atoms with Crippen molar-refractivity contribution in [2.24, 2.45) is 5.92 Å². The predicted octanol–water partition coefficient (Wildman–Crippen LogP) is 14.7. The number of hydrogen-bond acceptors (Lipinski definition) is 6. The maximum atomic E-state index is 12.7. The number of carbonyl (C=O) groups excluding carboxylic acids is 3. The molecule has 6 nitrogen and oxygen atoms in total. The van der Waals surface area contributed by atoms with Gasteiger partial charge in [-0.25, -0.2) is 0 Å². The van der Waals surface area contributed by atoms with Gasteiger partial charge in [-0.2, -0.15) is 0 Å². The molecular formula is C47H90O6. The van der Waals surface area contributed by atoms with Gasteiger partial charge in [-0.05, 0) is 25.2 Å². The fourth-order valence-corrected chi connectivity index (χ4v) is 6.98. The van der Waals surface area contributed by atoms with Crippen molar-refractivity contribution in [3.05, 3.63) is 0 Å². The molecule has 0 radical (unpaired) electrons. The van der Waals surface area contributed by atoms with E-state index in [0.29, 0.717) is 19.3 Å². The number of rotatable bonds is 42. The highest BCUT2D eigenvalue weighted by atomic mass is 16.6. The van der Waals surface area contributed by atoms with Gasteiger partial charge in [-0.3, -0.25) is 14.4 Å². The van der Waals surface area contributed by atoms with Crippen LogP contribution in [0.3, 0.4) is 0 Å². The highest BCUT2D eigenvalue weighted by Crippen LogP contribution is 2.16. The predicted molar refractivity (Wildman–Crippen MR) is 224 cm³/mol. The zero-order valence-corrected chi connectivity index (χ0v) is 36.0. The van der Waals surface area contributed by atoms with E-state index >= 15 is 0 Å². The van der Waals surface area contributed by atoms with Crippen molar-refractivity contribution in [1.29, 1.82) is 0 Å². The molecule has 0 aliphatic carbocycles. The summed E-state index contributed by atoms with van der Waals surface area (Å²) in [7, 11) is 0. The Hall–Kier alpha value is -1.59. The lowest BCUT2D eigenvalue weighted by Crippen LogP contribution is -2.30. The minimum Gasteiger partial charge on any atom is -0.462 e. The van der Waals surface area contributed by atoms with E-state index in [4.69, 9.17) is 14.2 Å². The second-order valence-corrected chi connectivity index (χ2v) is 16.5. The maximum Gasteiger partial charge on any atom is 0.306 e. The van der Waals surface area contributed by atoms with E-state index in [1.165, 1.54) is 154 Å². The van der Waals surface area contributed by atoms with E-state index < -0.39 is 6.10 Å². The molecule has 0 fully saturated rings. The maximum absolute atomic E-state index is 12.7. The minimum atomic E-state index is -0.759. The summed E-state index contributed by atoms with van der Waals surface area (Å²) in [5.41, 5.74) is 0. The Kier molecular flexibility index (Phi) is 40.3. The van der Waals surface area contributed by atoms with Crippen LogP contribution in [0, 0.1) is 5.92 Å². The van der Waals surface area contributed by atoms with Gasteiger partial charge in [0.05, 0.1) is 0 Å². The second kappa shape index (κ2) is 41.6. The summed E-state index contributed by atoms with van der Waals surface area (Å²) in [5, 5.41) is 0. The standard InChI is InChI=1S/C47H90O6/c1-5-7-9-11-13-15-17-18-19-20-22-24-26-31-35-39-46(49)52-42-44(53-47(50)40-36-32-28-27-29-33-37-43(3)4)41-51-45(48)38-34-30-25-23-21-16-14-12-10-8-6-2/h43-44H,5-42H2,1-4H3/t44-/m0/s1. The third-order valence-corrected chi connectivity index (χ3v) is 10.5. The van der Waals surface area contributed by atoms with Crippen molar-refractivity contribution >= 4 is 17.9 Å². The lowest BCUT2D eigenvalue weighted by molar-refractivity contribution is -0.167. The van der Waals surface area contributed by atoms with E-state index in [-0.39, 0.29) is 31.1 Å². The largest absolute Gasteiger partial charge is 0.462 e. The molecule has 1 atom stereocenters. The molecule has 0 rings (SSSR count). The van der Waals surface area contributed by atoms with Crippen LogP contribution in [0.1, 0.15) is 259 Å². The van der Waals surface area contributed by atoms with Crippen molar-refractivity contribution in [2.45, 2.75) is 265 Å². The molecule has 0 amide bonds. The van der Waals surface area contributed by atoms with Gasteiger partial charge in [0.25, 0.3) is 0 Å². The highest BCUT2D eigenvalue weighted by molar-refractivity contribution is 5.71. The monoisotopic (exact) mass is 751 g/mol. The smallest absolute Gasteiger partial charge is 0.306 e. The normalized spacial score (nSPS) is 11.9. The van der Waals surface area contributed by atoms with Gasteiger partial charge in [0, 0.05) is 19.3 Å². The summed E-state index contributed by atoms with van der Waals surface area (Å²) in [6.07, 6.45) is 41.0. The number of esters is 3. The van der Waals surface area contributed by atoms with Gasteiger partial charge < -0.3 is 14.2 Å². The molecule has 0 aromatic carbocycles. The van der Waals surface area contributed by atoms with E-state index in [1.54, 1.807) is 0 Å². The summed E-state index contributed by atoms with van der Waals surface area (Å²) in [5.74, 6) is -0.0986. The van der Waals surface area contributed by atoms with Crippen LogP contribution < -0.4 is 0 Å². The van der Waals surface area contributed by atoms with Crippen LogP contribution in [0.4, 0.5) is 0 Å². The number of unbranched alkanes of at least 4 members (excludes halogenated alkanes) is 29. The van der Waals surface area contributed by atoms with E-state index in [0.717, 1.165) is 63.7 Å². The average molecular weight is 751 g/mol. The first-order chi connectivity index (χ1) is 25.9. The van der Waals surface area contributed by atoms with Crippen LogP contribution in [-0.2, 0) is 28.6 Å². The Labute approximate surface area is 329 Å². The SMILES string of the molecule is CCCCCCCCCCCCCCCCCC(=O)OC[C@H](COC(=O)CCCCCCCCCCCCC)OC(=O)CCCCCCCCC(C)C. The molecule has 0 aromatic rings. The Morgan fingerprint density at radius 3 is 0.925 bits per heavy atom. The molecule has 0 saturated carbocycles. The Balaban J connectivity index is 4.27. The molecule has 6 heteroatoms. The van der Waals surface area contributed by atoms with Crippen LogP contribution in [-0.4, -0.2) is 37.2 Å². The number of carbonyl (C=O) groups is 3. The third-order valence-electron chi connectivity index (χ3n) is 10.5. The molecule has 0 saturated heterocycles. The van der Waals surface area contributed by atoms with Crippen molar-refractivity contribution in [2.75, 3.05) is 13.2 Å². The summed E-state index contributed by atoms with van der Waals surface area (Å²) >= 11 is 0. The van der Waals surface area contributed by atoms with Crippen LogP contribution in [0.25, 0.3) is 0 Å². The zero-order chi connectivity index (χ0) is 38.9. The van der Waals surface area contributed by atoms with E-state index in [2.05, 4.69) is 27.7 Å². The third kappa shape index (κ3) is 41.4. The lowest BCUT2D eigenvalue weighted by atomic mass is 10.0. The van der Waals surface area contributed by atoms with Gasteiger partial charge in [0.2, 0.25) is 0 Å². The fraction of sp³-hybridized carbons (Fsp3) is 0.936. The molecular weight excluding hydrogens is 661 g/mol. The Morgan fingerprint density at radius 2 is 0.623 bits per heavy atom. The molecule has 0 heterocycles. The van der Waals surface area contributed by atoms with Gasteiger partial charge in [0.1, 0.15) is 13.2 Å². The second-order valence-electron chi connectivity index (χ2n) is 16.5. The van der Waals surface area contributed by atoms with Crippen molar-refractivity contribution in [1.82, 2.24) is 0 Å². The van der Waals surface area contributed by atoms with Gasteiger partial charge in [-0.1, -0.05) is 220 Å². The fourth-order valence-electron chi connectivity index (χ4n) is 6.98. The van der Waals surface area contributed by atoms with Crippen LogP contribution in [0.15, 0.2) is 0 Å². The lowest BCUT2D eigenvalue weighted by Gasteiger charge is -2.18. The number of hydrogen-bond donors (Lipinski definition) is 0. The molecule has 0 N–H and O–H groups in total. The molecule has 0 unspecified atom stereocenters. The summed E-state index contributed by atoms with van der Waals surface area (Å²) < 4.78 is 16.7. The number of ether oxygens (including phenoxy) is 3. The molecule has 53 heavy (non-hydrogen) atoms. The summed E-state index contributed by atoms with van der Waals surface area (Å²) in [4.78, 5) is 37.7. The van der Waals surface area contributed by atoms with Crippen molar-refractivity contribution in [3.63, 3.8) is 0 Å². The van der Waals surface area contributed by atoms with Crippen LogP contribution in [0.5, 0.6) is 0 Å². The first-order valence-corrected chi connectivity index (χ1v) is 23.4. The average Bonchev–Trinajstić information content (AvgIpc) is 3.14. The van der Waals surface area contributed by atoms with Gasteiger partial charge in [0.15, 0.2) is 6.10 Å². The Morgan fingerprint density at radius 1 is 0.358 bits per heavy atom. The molecule has 0 aromatic heterocycles. The first kappa shape index (κ1) is 51.4. The molecule has 0 spiro atoms. The van der Waals surface area contributed by atoms with Gasteiger partial charge in [-0.15, -0.1) is 0 Å². The first-order valence-electron chi connectivity index (χ1n) is 23.4. The molecule has 0 bridgehead atoms. The van der Waals surface area contributed by atoms with E-state index in [9.17, 15) is 14.4 Å². The van der Waals surface area contributed by atoms with Gasteiger partial charge >= 0.3 is 17.9 Å². The minimum absolute atomic E-state index is 0.0646.